The summed E-state index contributed by atoms with van der Waals surface area (Å²) < 4.78 is 7.14. The number of aromatic nitrogens is 4. The van der Waals surface area contributed by atoms with E-state index in [1.165, 1.54) is 22.7 Å². The molecule has 3 heterocycles. The molecule has 0 atom stereocenters. The maximum Gasteiger partial charge on any atom is 0.265 e. The number of carbonyl (C=O) groups is 1. The molecule has 0 fully saturated rings. The van der Waals surface area contributed by atoms with Crippen LogP contribution in [0.3, 0.4) is 0 Å². The van der Waals surface area contributed by atoms with Gasteiger partial charge >= 0.3 is 0 Å². The molecule has 0 saturated heterocycles. The highest BCUT2D eigenvalue weighted by Gasteiger charge is 2.15. The number of anilines is 1. The van der Waals surface area contributed by atoms with Crippen LogP contribution in [0, 0.1) is 0 Å². The first-order chi connectivity index (χ1) is 12.7. The minimum atomic E-state index is -0.165. The lowest BCUT2D eigenvalue weighted by Gasteiger charge is -2.10. The van der Waals surface area contributed by atoms with Gasteiger partial charge in [-0.15, -0.1) is 21.5 Å². The normalized spacial score (nSPS) is 11.0. The number of nitrogens with one attached hydrogen (secondary N) is 1. The number of methoxy groups -OCH3 is 1. The van der Waals surface area contributed by atoms with Gasteiger partial charge in [-0.2, -0.15) is 9.61 Å². The highest BCUT2D eigenvalue weighted by Crippen LogP contribution is 2.33. The zero-order valence-corrected chi connectivity index (χ0v) is 15.7. The first-order valence-corrected chi connectivity index (χ1v) is 9.63. The van der Waals surface area contributed by atoms with Gasteiger partial charge in [0.2, 0.25) is 4.96 Å². The molecule has 4 rings (SSSR count). The maximum atomic E-state index is 12.4. The fraction of sp³-hybridized carbons (Fsp3) is 0.176. The number of hydrogen-bond acceptors (Lipinski definition) is 7. The molecule has 0 aliphatic heterocycles. The predicted octanol–water partition coefficient (Wildman–Crippen LogP) is 3.74. The van der Waals surface area contributed by atoms with E-state index >= 15 is 0 Å². The number of carbonyl (C=O) groups excluding carboxylic acids is 1. The summed E-state index contributed by atoms with van der Waals surface area (Å²) in [6.07, 6.45) is 0.759. The molecule has 0 spiro atoms. The maximum absolute atomic E-state index is 12.4. The summed E-state index contributed by atoms with van der Waals surface area (Å²) in [5.41, 5.74) is 1.48. The van der Waals surface area contributed by atoms with Gasteiger partial charge in [0.05, 0.1) is 17.7 Å². The molecule has 0 aliphatic rings. The Balaban J connectivity index is 1.70. The van der Waals surface area contributed by atoms with Crippen LogP contribution in [0.4, 0.5) is 5.69 Å². The van der Waals surface area contributed by atoms with Crippen molar-refractivity contribution in [3.05, 3.63) is 46.4 Å². The van der Waals surface area contributed by atoms with Crippen molar-refractivity contribution in [2.75, 3.05) is 12.4 Å². The van der Waals surface area contributed by atoms with E-state index in [9.17, 15) is 4.79 Å². The molecule has 1 amide bonds. The zero-order chi connectivity index (χ0) is 18.1. The third-order valence-corrected chi connectivity index (χ3v) is 5.63. The molecule has 0 radical (unpaired) electrons. The lowest BCUT2D eigenvalue weighted by Crippen LogP contribution is -2.11. The zero-order valence-electron chi connectivity index (χ0n) is 14.1. The number of thiophene rings is 1. The van der Waals surface area contributed by atoms with Crippen LogP contribution in [0.2, 0.25) is 0 Å². The van der Waals surface area contributed by atoms with Crippen LogP contribution in [-0.4, -0.2) is 32.8 Å². The van der Waals surface area contributed by atoms with Crippen molar-refractivity contribution >= 4 is 39.2 Å². The van der Waals surface area contributed by atoms with Gasteiger partial charge in [-0.1, -0.05) is 24.3 Å². The van der Waals surface area contributed by atoms with Crippen LogP contribution < -0.4 is 10.1 Å². The lowest BCUT2D eigenvalue weighted by atomic mass is 10.2. The van der Waals surface area contributed by atoms with Crippen molar-refractivity contribution in [2.24, 2.45) is 0 Å². The van der Waals surface area contributed by atoms with Gasteiger partial charge in [0, 0.05) is 12.0 Å². The van der Waals surface area contributed by atoms with Gasteiger partial charge in [0.1, 0.15) is 10.8 Å². The van der Waals surface area contributed by atoms with Crippen molar-refractivity contribution < 1.29 is 9.53 Å². The number of hydrogen-bond donors (Lipinski definition) is 1. The van der Waals surface area contributed by atoms with E-state index in [2.05, 4.69) is 20.6 Å². The van der Waals surface area contributed by atoms with E-state index in [0.717, 1.165) is 27.8 Å². The second-order valence-electron chi connectivity index (χ2n) is 5.42. The Kier molecular flexibility index (Phi) is 4.39. The van der Waals surface area contributed by atoms with Crippen LogP contribution in [0.1, 0.15) is 22.4 Å². The summed E-state index contributed by atoms with van der Waals surface area (Å²) in [6, 6.07) is 9.23. The molecule has 0 unspecified atom stereocenters. The summed E-state index contributed by atoms with van der Waals surface area (Å²) in [6.45, 7) is 2.01. The molecule has 4 aromatic rings. The van der Waals surface area contributed by atoms with Gasteiger partial charge in [0.25, 0.3) is 5.91 Å². The molecule has 9 heteroatoms. The van der Waals surface area contributed by atoms with Crippen molar-refractivity contribution in [2.45, 2.75) is 13.3 Å². The van der Waals surface area contributed by atoms with E-state index in [1.54, 1.807) is 17.7 Å². The first kappa shape index (κ1) is 16.7. The van der Waals surface area contributed by atoms with Crippen molar-refractivity contribution in [1.82, 2.24) is 19.8 Å². The highest BCUT2D eigenvalue weighted by atomic mass is 32.1. The predicted molar refractivity (Wildman–Crippen MR) is 102 cm³/mol. The average molecular weight is 385 g/mol. The second-order valence-corrected chi connectivity index (χ2v) is 7.32. The number of amides is 1. The van der Waals surface area contributed by atoms with Crippen LogP contribution in [0.5, 0.6) is 5.75 Å². The van der Waals surface area contributed by atoms with Crippen LogP contribution >= 0.6 is 22.7 Å². The molecular weight excluding hydrogens is 370 g/mol. The quantitative estimate of drug-likeness (QED) is 0.566. The van der Waals surface area contributed by atoms with Gasteiger partial charge in [-0.25, -0.2) is 0 Å². The van der Waals surface area contributed by atoms with E-state index in [-0.39, 0.29) is 5.91 Å². The number of nitrogens with zero attached hydrogens (tertiary/aromatic N) is 4. The Labute approximate surface area is 157 Å². The largest absolute Gasteiger partial charge is 0.495 e. The van der Waals surface area contributed by atoms with Gasteiger partial charge in [-0.3, -0.25) is 4.79 Å². The summed E-state index contributed by atoms with van der Waals surface area (Å²) in [5.74, 6) is 1.25. The van der Waals surface area contributed by atoms with Crippen LogP contribution in [-0.2, 0) is 6.42 Å². The Morgan fingerprint density at radius 1 is 1.31 bits per heavy atom. The molecule has 26 heavy (non-hydrogen) atoms. The summed E-state index contributed by atoms with van der Waals surface area (Å²) in [4.78, 5) is 13.8. The van der Waals surface area contributed by atoms with Crippen molar-refractivity contribution in [3.8, 4) is 16.3 Å². The minimum absolute atomic E-state index is 0.165. The van der Waals surface area contributed by atoms with Gasteiger partial charge in [-0.05, 0) is 29.6 Å². The lowest BCUT2D eigenvalue weighted by molar-refractivity contribution is 0.103. The molecule has 0 aliphatic carbocycles. The van der Waals surface area contributed by atoms with Crippen LogP contribution in [0.15, 0.2) is 35.7 Å². The smallest absolute Gasteiger partial charge is 0.265 e. The Morgan fingerprint density at radius 3 is 2.92 bits per heavy atom. The monoisotopic (exact) mass is 385 g/mol. The first-order valence-electron chi connectivity index (χ1n) is 7.94. The third-order valence-electron chi connectivity index (χ3n) is 3.81. The Hall–Kier alpha value is -2.78. The van der Waals surface area contributed by atoms with E-state index in [4.69, 9.17) is 4.74 Å². The standard InChI is InChI=1S/C17H15N5O2S2/c1-3-14-19-20-17-22(14)21-16(26-17)10-6-7-12(24-2)11(9-10)18-15(23)13-5-4-8-25-13/h4-9H,3H2,1-2H3,(H,18,23). The van der Waals surface area contributed by atoms with E-state index in [1.807, 2.05) is 36.6 Å². The molecule has 0 bridgehead atoms. The second kappa shape index (κ2) is 6.85. The summed E-state index contributed by atoms with van der Waals surface area (Å²) in [5, 5.41) is 18.4. The molecule has 132 valence electrons. The average Bonchev–Trinajstić information content (AvgIpc) is 3.38. The van der Waals surface area contributed by atoms with Gasteiger partial charge < -0.3 is 10.1 Å². The van der Waals surface area contributed by atoms with Crippen molar-refractivity contribution in [1.29, 1.82) is 0 Å². The SMILES string of the molecule is CCc1nnc2sc(-c3ccc(OC)c(NC(=O)c4cccs4)c3)nn12. The third kappa shape index (κ3) is 2.95. The van der Waals surface area contributed by atoms with Gasteiger partial charge in [0.15, 0.2) is 5.82 Å². The number of fused-ring (bicyclic) bond motifs is 1. The fourth-order valence-electron chi connectivity index (χ4n) is 2.52. The number of aryl methyl sites for hydroxylation is 1. The van der Waals surface area contributed by atoms with Crippen molar-refractivity contribution in [3.63, 3.8) is 0 Å². The summed E-state index contributed by atoms with van der Waals surface area (Å²) in [7, 11) is 1.58. The van der Waals surface area contributed by atoms with Crippen LogP contribution in [0.25, 0.3) is 15.5 Å². The molecule has 7 nitrogen and oxygen atoms in total. The number of ether oxygens (including phenoxy) is 1. The fourth-order valence-corrected chi connectivity index (χ4v) is 4.00. The number of rotatable bonds is 5. The highest BCUT2D eigenvalue weighted by molar-refractivity contribution is 7.19. The van der Waals surface area contributed by atoms with E-state index in [0.29, 0.717) is 16.3 Å². The molecule has 0 saturated carbocycles. The Morgan fingerprint density at radius 2 is 2.19 bits per heavy atom. The topological polar surface area (TPSA) is 81.4 Å². The molecular formula is C17H15N5O2S2. The minimum Gasteiger partial charge on any atom is -0.495 e. The Bertz CT molecular complexity index is 1070. The molecule has 1 aromatic carbocycles. The number of benzene rings is 1. The summed E-state index contributed by atoms with van der Waals surface area (Å²) >= 11 is 2.84. The van der Waals surface area contributed by atoms with E-state index < -0.39 is 0 Å². The molecule has 3 aromatic heterocycles. The molecule has 1 N–H and O–H groups in total.